The van der Waals surface area contributed by atoms with Crippen LogP contribution in [0, 0.1) is 6.92 Å². The smallest absolute Gasteiger partial charge is 0.131 e. The molecule has 0 radical (unpaired) electrons. The molecule has 5 rings (SSSR count). The Kier molecular flexibility index (Phi) is 4.40. The zero-order valence-corrected chi connectivity index (χ0v) is 16.1. The molecule has 0 amide bonds. The topological polar surface area (TPSA) is 46.3 Å². The van der Waals surface area contributed by atoms with Gasteiger partial charge in [0.2, 0.25) is 0 Å². The molecule has 3 aromatic heterocycles. The first-order valence-corrected chi connectivity index (χ1v) is 10.3. The van der Waals surface area contributed by atoms with Gasteiger partial charge >= 0.3 is 0 Å². The summed E-state index contributed by atoms with van der Waals surface area (Å²) in [5, 5.41) is 0. The van der Waals surface area contributed by atoms with E-state index in [1.165, 1.54) is 48.9 Å². The largest absolute Gasteiger partial charge is 0.304 e. The highest BCUT2D eigenvalue weighted by Gasteiger charge is 2.23. The van der Waals surface area contributed by atoms with Gasteiger partial charge in [-0.3, -0.25) is 4.90 Å². The first-order chi connectivity index (χ1) is 13.3. The molecule has 5 nitrogen and oxygen atoms in total. The summed E-state index contributed by atoms with van der Waals surface area (Å²) >= 11 is 0. The van der Waals surface area contributed by atoms with Gasteiger partial charge in [0, 0.05) is 55.6 Å². The van der Waals surface area contributed by atoms with Gasteiger partial charge in [-0.25, -0.2) is 15.0 Å². The Labute approximate surface area is 160 Å². The maximum absolute atomic E-state index is 4.97. The van der Waals surface area contributed by atoms with Crippen molar-refractivity contribution in [3.63, 3.8) is 0 Å². The van der Waals surface area contributed by atoms with Gasteiger partial charge in [-0.15, -0.1) is 0 Å². The molecule has 5 heteroatoms. The van der Waals surface area contributed by atoms with Crippen LogP contribution in [0.4, 0.5) is 0 Å². The number of hydrogen-bond acceptors (Lipinski definition) is 4. The van der Waals surface area contributed by atoms with Crippen molar-refractivity contribution < 1.29 is 0 Å². The van der Waals surface area contributed by atoms with E-state index in [0.717, 1.165) is 43.4 Å². The van der Waals surface area contributed by atoms with Crippen LogP contribution >= 0.6 is 0 Å². The molecule has 140 valence electrons. The van der Waals surface area contributed by atoms with Gasteiger partial charge < -0.3 is 4.40 Å². The number of nitrogens with zero attached hydrogens (tertiary/aromatic N) is 5. The van der Waals surface area contributed by atoms with Crippen molar-refractivity contribution in [2.75, 3.05) is 6.54 Å². The third-order valence-electron chi connectivity index (χ3n) is 6.18. The van der Waals surface area contributed by atoms with E-state index in [2.05, 4.69) is 46.8 Å². The lowest BCUT2D eigenvalue weighted by Crippen LogP contribution is -2.31. The lowest BCUT2D eigenvalue weighted by atomic mass is 9.88. The highest BCUT2D eigenvalue weighted by molar-refractivity contribution is 5.53. The number of aromatic nitrogens is 4. The Bertz CT molecular complexity index is 954. The lowest BCUT2D eigenvalue weighted by Gasteiger charge is -2.28. The van der Waals surface area contributed by atoms with Crippen LogP contribution in [0.25, 0.3) is 5.52 Å². The highest BCUT2D eigenvalue weighted by Crippen LogP contribution is 2.31. The second-order valence-electron chi connectivity index (χ2n) is 8.06. The fraction of sp³-hybridized carbons (Fsp3) is 0.500. The Morgan fingerprint density at radius 1 is 1.11 bits per heavy atom. The van der Waals surface area contributed by atoms with Crippen molar-refractivity contribution in [1.82, 2.24) is 24.3 Å². The van der Waals surface area contributed by atoms with E-state index in [9.17, 15) is 0 Å². The molecule has 1 aliphatic carbocycles. The van der Waals surface area contributed by atoms with Crippen molar-refractivity contribution >= 4 is 5.52 Å². The monoisotopic (exact) mass is 361 g/mol. The van der Waals surface area contributed by atoms with Crippen molar-refractivity contribution in [1.29, 1.82) is 0 Å². The Balaban J connectivity index is 1.33. The molecule has 3 aromatic rings. The minimum absolute atomic E-state index is 0.585. The normalized spacial score (nSPS) is 18.7. The van der Waals surface area contributed by atoms with Gasteiger partial charge in [-0.1, -0.05) is 25.3 Å². The molecule has 0 N–H and O–H groups in total. The fourth-order valence-corrected chi connectivity index (χ4v) is 4.68. The minimum atomic E-state index is 0.585. The first kappa shape index (κ1) is 16.9. The molecule has 4 heterocycles. The zero-order valence-electron chi connectivity index (χ0n) is 16.1. The van der Waals surface area contributed by atoms with Gasteiger partial charge in [0.25, 0.3) is 0 Å². The third-order valence-corrected chi connectivity index (χ3v) is 6.18. The summed E-state index contributed by atoms with van der Waals surface area (Å²) in [6.07, 6.45) is 11.8. The quantitative estimate of drug-likeness (QED) is 0.706. The standard InChI is InChI=1S/C22H27N5/c1-16-24-20(21-9-5-6-11-27(16)21)15-26-12-10-19-18(14-26)13-23-22(25-19)17-7-3-2-4-8-17/h5-6,9,11,13,17H,2-4,7-8,10,12,14-15H2,1H3. The average molecular weight is 361 g/mol. The molecule has 0 bridgehead atoms. The molecule has 0 atom stereocenters. The predicted molar refractivity (Wildman–Crippen MR) is 106 cm³/mol. The molecule has 2 aliphatic rings. The third kappa shape index (κ3) is 3.25. The van der Waals surface area contributed by atoms with Crippen molar-refractivity contribution in [3.05, 3.63) is 59.2 Å². The molecule has 1 aliphatic heterocycles. The predicted octanol–water partition coefficient (Wildman–Crippen LogP) is 4.04. The molecular weight excluding hydrogens is 334 g/mol. The molecule has 0 saturated heterocycles. The van der Waals surface area contributed by atoms with E-state index in [1.54, 1.807) is 0 Å². The van der Waals surface area contributed by atoms with Crippen LogP contribution in [0.1, 0.15) is 66.6 Å². The van der Waals surface area contributed by atoms with Crippen LogP contribution in [0.15, 0.2) is 30.6 Å². The maximum Gasteiger partial charge on any atom is 0.131 e. The van der Waals surface area contributed by atoms with E-state index in [1.807, 2.05) is 0 Å². The summed E-state index contributed by atoms with van der Waals surface area (Å²) < 4.78 is 2.17. The van der Waals surface area contributed by atoms with Crippen LogP contribution < -0.4 is 0 Å². The summed E-state index contributed by atoms with van der Waals surface area (Å²) in [6, 6.07) is 6.31. The summed E-state index contributed by atoms with van der Waals surface area (Å²) in [7, 11) is 0. The molecule has 0 unspecified atom stereocenters. The van der Waals surface area contributed by atoms with E-state index >= 15 is 0 Å². The van der Waals surface area contributed by atoms with Crippen molar-refractivity contribution in [3.8, 4) is 0 Å². The van der Waals surface area contributed by atoms with Crippen LogP contribution in [-0.2, 0) is 19.5 Å². The molecule has 1 saturated carbocycles. The maximum atomic E-state index is 4.97. The summed E-state index contributed by atoms with van der Waals surface area (Å²) in [5.74, 6) is 2.73. The Morgan fingerprint density at radius 2 is 2.00 bits per heavy atom. The zero-order chi connectivity index (χ0) is 18.2. The first-order valence-electron chi connectivity index (χ1n) is 10.3. The number of pyridine rings is 1. The van der Waals surface area contributed by atoms with Gasteiger partial charge in [-0.05, 0) is 31.9 Å². The Morgan fingerprint density at radius 3 is 2.89 bits per heavy atom. The molecule has 27 heavy (non-hydrogen) atoms. The van der Waals surface area contributed by atoms with Crippen LogP contribution in [0.5, 0.6) is 0 Å². The summed E-state index contributed by atoms with van der Waals surface area (Å²) in [4.78, 5) is 17.0. The van der Waals surface area contributed by atoms with E-state index in [-0.39, 0.29) is 0 Å². The summed E-state index contributed by atoms with van der Waals surface area (Å²) in [6.45, 7) is 4.91. The van der Waals surface area contributed by atoms with Crippen molar-refractivity contribution in [2.24, 2.45) is 0 Å². The van der Waals surface area contributed by atoms with Crippen LogP contribution in [0.3, 0.4) is 0 Å². The van der Waals surface area contributed by atoms with Gasteiger partial charge in [-0.2, -0.15) is 0 Å². The van der Waals surface area contributed by atoms with E-state index in [4.69, 9.17) is 15.0 Å². The van der Waals surface area contributed by atoms with Crippen LogP contribution in [0.2, 0.25) is 0 Å². The number of rotatable bonds is 3. The molecule has 0 spiro atoms. The SMILES string of the molecule is Cc1nc(CN2CCc3nc(C4CCCCC4)ncc3C2)c2ccccn12. The van der Waals surface area contributed by atoms with Gasteiger partial charge in [0.1, 0.15) is 11.6 Å². The average Bonchev–Trinajstić information content (AvgIpc) is 3.04. The van der Waals surface area contributed by atoms with Gasteiger partial charge in [0.05, 0.1) is 11.2 Å². The Hall–Kier alpha value is -2.27. The molecule has 0 aromatic carbocycles. The molecule has 1 fully saturated rings. The number of fused-ring (bicyclic) bond motifs is 2. The molecular formula is C22H27N5. The van der Waals surface area contributed by atoms with Crippen LogP contribution in [-0.4, -0.2) is 30.8 Å². The number of imidazole rings is 1. The second kappa shape index (κ2) is 7.04. The van der Waals surface area contributed by atoms with E-state index < -0.39 is 0 Å². The number of aryl methyl sites for hydroxylation is 1. The van der Waals surface area contributed by atoms with Crippen molar-refractivity contribution in [2.45, 2.75) is 64.5 Å². The minimum Gasteiger partial charge on any atom is -0.304 e. The number of hydrogen-bond donors (Lipinski definition) is 0. The summed E-state index contributed by atoms with van der Waals surface area (Å²) in [5.41, 5.74) is 4.94. The fourth-order valence-electron chi connectivity index (χ4n) is 4.68. The van der Waals surface area contributed by atoms with Gasteiger partial charge in [0.15, 0.2) is 0 Å². The highest BCUT2D eigenvalue weighted by atomic mass is 15.2. The van der Waals surface area contributed by atoms with E-state index in [0.29, 0.717) is 5.92 Å². The second-order valence-corrected chi connectivity index (χ2v) is 8.06. The lowest BCUT2D eigenvalue weighted by molar-refractivity contribution is 0.240.